The third kappa shape index (κ3) is 3.91. The van der Waals surface area contributed by atoms with Crippen LogP contribution in [0.25, 0.3) is 5.57 Å². The van der Waals surface area contributed by atoms with Gasteiger partial charge in [0.15, 0.2) is 0 Å². The molecule has 1 heterocycles. The van der Waals surface area contributed by atoms with E-state index in [9.17, 15) is 4.79 Å². The van der Waals surface area contributed by atoms with E-state index in [4.69, 9.17) is 11.5 Å². The molecule has 27 heavy (non-hydrogen) atoms. The molecule has 2 atom stereocenters. The van der Waals surface area contributed by atoms with Gasteiger partial charge in [0, 0.05) is 24.7 Å². The Hall–Kier alpha value is -1.81. The van der Waals surface area contributed by atoms with Crippen LogP contribution in [0.4, 0.5) is 5.69 Å². The third-order valence-corrected chi connectivity index (χ3v) is 6.70. The van der Waals surface area contributed by atoms with E-state index in [1.165, 1.54) is 23.1 Å². The predicted molar refractivity (Wildman–Crippen MR) is 113 cm³/mol. The molecule has 0 saturated carbocycles. The second-order valence-electron chi connectivity index (χ2n) is 9.91. The van der Waals surface area contributed by atoms with Gasteiger partial charge in [-0.15, -0.1) is 0 Å². The summed E-state index contributed by atoms with van der Waals surface area (Å²) in [6.45, 7) is 11.2. The van der Waals surface area contributed by atoms with Gasteiger partial charge in [-0.25, -0.2) is 0 Å². The maximum atomic E-state index is 11.9. The van der Waals surface area contributed by atoms with Crippen molar-refractivity contribution in [3.05, 3.63) is 35.4 Å². The van der Waals surface area contributed by atoms with Crippen LogP contribution in [-0.4, -0.2) is 23.0 Å². The van der Waals surface area contributed by atoms with Gasteiger partial charge in [-0.3, -0.25) is 4.79 Å². The average Bonchev–Trinajstić information content (AvgIpc) is 2.54. The van der Waals surface area contributed by atoms with E-state index in [1.54, 1.807) is 11.8 Å². The Bertz CT molecular complexity index is 778. The van der Waals surface area contributed by atoms with Crippen molar-refractivity contribution < 1.29 is 4.79 Å². The summed E-state index contributed by atoms with van der Waals surface area (Å²) < 4.78 is 0. The summed E-state index contributed by atoms with van der Waals surface area (Å²) in [4.78, 5) is 13.7. The van der Waals surface area contributed by atoms with Crippen molar-refractivity contribution in [2.75, 3.05) is 12.3 Å². The van der Waals surface area contributed by atoms with Crippen LogP contribution in [0.15, 0.2) is 24.3 Å². The lowest BCUT2D eigenvalue weighted by molar-refractivity contribution is -0.138. The Morgan fingerprint density at radius 2 is 1.85 bits per heavy atom. The number of nitrogens with two attached hydrogens (primary N) is 2. The molecule has 1 aromatic carbocycles. The van der Waals surface area contributed by atoms with E-state index >= 15 is 0 Å². The molecular formula is C23H35N3O. The van der Waals surface area contributed by atoms with Crippen LogP contribution < -0.4 is 11.5 Å². The number of hydrogen-bond donors (Lipinski definition) is 2. The summed E-state index contributed by atoms with van der Waals surface area (Å²) >= 11 is 0. The maximum absolute atomic E-state index is 11.9. The van der Waals surface area contributed by atoms with E-state index in [2.05, 4.69) is 39.0 Å². The number of carbonyl (C=O) groups excluding carboxylic acids is 1. The molecule has 1 amide bonds. The van der Waals surface area contributed by atoms with Crippen molar-refractivity contribution in [2.24, 2.45) is 11.1 Å². The monoisotopic (exact) mass is 369 g/mol. The summed E-state index contributed by atoms with van der Waals surface area (Å²) in [5, 5.41) is 0. The summed E-state index contributed by atoms with van der Waals surface area (Å²) in [7, 11) is 0. The van der Waals surface area contributed by atoms with E-state index in [1.807, 2.05) is 13.0 Å². The van der Waals surface area contributed by atoms with Crippen molar-refractivity contribution in [1.29, 1.82) is 0 Å². The smallest absolute Gasteiger partial charge is 0.220 e. The zero-order chi connectivity index (χ0) is 20.0. The van der Waals surface area contributed by atoms with Gasteiger partial charge in [-0.2, -0.15) is 0 Å². The number of hydrogen-bond acceptors (Lipinski definition) is 3. The highest BCUT2D eigenvalue weighted by Gasteiger charge is 2.44. The highest BCUT2D eigenvalue weighted by atomic mass is 16.2. The normalized spacial score (nSPS) is 30.7. The van der Waals surface area contributed by atoms with Gasteiger partial charge in [-0.05, 0) is 73.1 Å². The molecule has 1 aliphatic heterocycles. The number of nitrogens with zero attached hydrogens (tertiary/aromatic N) is 1. The van der Waals surface area contributed by atoms with E-state index in [-0.39, 0.29) is 11.3 Å². The maximum Gasteiger partial charge on any atom is 0.220 e. The first-order valence-electron chi connectivity index (χ1n) is 10.1. The number of piperidine rings is 1. The molecule has 1 aliphatic carbocycles. The van der Waals surface area contributed by atoms with Gasteiger partial charge in [-0.1, -0.05) is 32.9 Å². The number of rotatable bonds is 2. The lowest BCUT2D eigenvalue weighted by atomic mass is 9.69. The van der Waals surface area contributed by atoms with E-state index in [0.717, 1.165) is 31.4 Å². The summed E-state index contributed by atoms with van der Waals surface area (Å²) in [5.74, 6) is 0.0509. The zero-order valence-electron chi connectivity index (χ0n) is 17.6. The van der Waals surface area contributed by atoms with Crippen molar-refractivity contribution in [2.45, 2.75) is 77.8 Å². The molecule has 148 valence electrons. The minimum atomic E-state index is -0.630. The Morgan fingerprint density at radius 1 is 1.15 bits per heavy atom. The standard InChI is InChI=1S/C23H35N3O/c1-16(27)26-13-12-22(4,15-23(26,5)25)18-6-7-20(24)19(14-18)17-8-10-21(2,3)11-9-17/h6-8,14H,9-13,15,24-25H2,1-5H3. The average molecular weight is 370 g/mol. The Kier molecular flexibility index (Phi) is 4.92. The van der Waals surface area contributed by atoms with Gasteiger partial charge in [0.2, 0.25) is 5.91 Å². The molecule has 3 rings (SSSR count). The highest BCUT2D eigenvalue weighted by Crippen LogP contribution is 2.44. The predicted octanol–water partition coefficient (Wildman–Crippen LogP) is 4.44. The van der Waals surface area contributed by atoms with Crippen LogP contribution in [0, 0.1) is 5.41 Å². The first-order chi connectivity index (χ1) is 12.4. The molecule has 4 N–H and O–H groups in total. The number of allylic oxidation sites excluding steroid dienone is 2. The molecule has 0 spiro atoms. The minimum absolute atomic E-state index is 0.0509. The summed E-state index contributed by atoms with van der Waals surface area (Å²) in [6, 6.07) is 6.46. The second kappa shape index (κ2) is 6.66. The highest BCUT2D eigenvalue weighted by molar-refractivity contribution is 5.77. The molecule has 0 aromatic heterocycles. The molecule has 2 unspecified atom stereocenters. The number of anilines is 1. The van der Waals surface area contributed by atoms with Crippen LogP contribution in [-0.2, 0) is 10.2 Å². The van der Waals surface area contributed by atoms with Gasteiger partial charge >= 0.3 is 0 Å². The lowest BCUT2D eigenvalue weighted by Crippen LogP contribution is -2.62. The fraction of sp³-hybridized carbons (Fsp3) is 0.609. The van der Waals surface area contributed by atoms with E-state index in [0.29, 0.717) is 12.0 Å². The quantitative estimate of drug-likeness (QED) is 0.757. The Balaban J connectivity index is 1.92. The number of nitrogen functional groups attached to an aromatic ring is 1. The van der Waals surface area contributed by atoms with E-state index < -0.39 is 5.66 Å². The molecule has 1 saturated heterocycles. The van der Waals surface area contributed by atoms with Gasteiger partial charge in [0.25, 0.3) is 0 Å². The summed E-state index contributed by atoms with van der Waals surface area (Å²) in [6.07, 6.45) is 7.38. The molecule has 4 heteroatoms. The SMILES string of the molecule is CC(=O)N1CCC(C)(c2ccc(N)c(C3=CCC(C)(C)CC3)c2)CC1(C)N. The van der Waals surface area contributed by atoms with Gasteiger partial charge in [0.1, 0.15) is 0 Å². The Labute approximate surface area is 164 Å². The number of carbonyl (C=O) groups is 1. The molecule has 4 nitrogen and oxygen atoms in total. The Morgan fingerprint density at radius 3 is 2.41 bits per heavy atom. The minimum Gasteiger partial charge on any atom is -0.398 e. The van der Waals surface area contributed by atoms with Gasteiger partial charge in [0.05, 0.1) is 5.66 Å². The van der Waals surface area contributed by atoms with Crippen molar-refractivity contribution in [1.82, 2.24) is 4.90 Å². The number of benzene rings is 1. The molecule has 2 aliphatic rings. The fourth-order valence-electron chi connectivity index (χ4n) is 4.88. The first-order valence-corrected chi connectivity index (χ1v) is 10.1. The van der Waals surface area contributed by atoms with Crippen molar-refractivity contribution in [3.8, 4) is 0 Å². The van der Waals surface area contributed by atoms with Crippen molar-refractivity contribution >= 4 is 17.2 Å². The topological polar surface area (TPSA) is 72.3 Å². The van der Waals surface area contributed by atoms with Crippen molar-refractivity contribution in [3.63, 3.8) is 0 Å². The van der Waals surface area contributed by atoms with Crippen LogP contribution in [0.1, 0.15) is 77.8 Å². The molecule has 1 aromatic rings. The molecule has 0 bridgehead atoms. The fourth-order valence-corrected chi connectivity index (χ4v) is 4.88. The second-order valence-corrected chi connectivity index (χ2v) is 9.91. The largest absolute Gasteiger partial charge is 0.398 e. The number of likely N-dealkylation sites (tertiary alicyclic amines) is 1. The molecule has 0 radical (unpaired) electrons. The van der Waals surface area contributed by atoms with Crippen LogP contribution in [0.5, 0.6) is 0 Å². The summed E-state index contributed by atoms with van der Waals surface area (Å²) in [5.41, 5.74) is 17.3. The zero-order valence-corrected chi connectivity index (χ0v) is 17.6. The third-order valence-electron chi connectivity index (χ3n) is 6.70. The van der Waals surface area contributed by atoms with Crippen LogP contribution >= 0.6 is 0 Å². The number of amides is 1. The molecule has 1 fully saturated rings. The van der Waals surface area contributed by atoms with Gasteiger partial charge < -0.3 is 16.4 Å². The molecular weight excluding hydrogens is 334 g/mol. The first kappa shape index (κ1) is 19.9. The lowest BCUT2D eigenvalue weighted by Gasteiger charge is -2.50. The van der Waals surface area contributed by atoms with Crippen LogP contribution in [0.2, 0.25) is 0 Å². The van der Waals surface area contributed by atoms with Crippen LogP contribution in [0.3, 0.4) is 0 Å².